The SMILES string of the molecule is Cc1ccc(C(=O)N2CCCC2COc2ccc(C(=O)NC(C)C)cc2)cc1. The molecule has 1 unspecified atom stereocenters. The first-order valence-corrected chi connectivity index (χ1v) is 9.85. The van der Waals surface area contributed by atoms with Gasteiger partial charge < -0.3 is 15.0 Å². The Bertz CT molecular complexity index is 813. The molecule has 1 N–H and O–H groups in total. The lowest BCUT2D eigenvalue weighted by molar-refractivity contribution is 0.0691. The summed E-state index contributed by atoms with van der Waals surface area (Å²) in [5, 5.41) is 2.87. The number of benzene rings is 2. The standard InChI is InChI=1S/C23H28N2O3/c1-16(2)24-22(26)18-10-12-21(13-11-18)28-15-20-5-4-14-25(20)23(27)19-8-6-17(3)7-9-19/h6-13,16,20H,4-5,14-15H2,1-3H3,(H,24,26). The van der Waals surface area contributed by atoms with Crippen LogP contribution in [0.25, 0.3) is 0 Å². The van der Waals surface area contributed by atoms with Crippen LogP contribution in [0, 0.1) is 6.92 Å². The Labute approximate surface area is 166 Å². The largest absolute Gasteiger partial charge is 0.491 e. The van der Waals surface area contributed by atoms with Gasteiger partial charge in [-0.05, 0) is 70.0 Å². The molecule has 2 aromatic carbocycles. The Morgan fingerprint density at radius 3 is 2.36 bits per heavy atom. The van der Waals surface area contributed by atoms with Crippen molar-refractivity contribution in [3.8, 4) is 5.75 Å². The number of nitrogens with zero attached hydrogens (tertiary/aromatic N) is 1. The monoisotopic (exact) mass is 380 g/mol. The minimum atomic E-state index is -0.0905. The van der Waals surface area contributed by atoms with Gasteiger partial charge in [0.2, 0.25) is 0 Å². The zero-order chi connectivity index (χ0) is 20.1. The normalized spacial score (nSPS) is 16.3. The van der Waals surface area contributed by atoms with Gasteiger partial charge in [-0.25, -0.2) is 0 Å². The Hall–Kier alpha value is -2.82. The van der Waals surface area contributed by atoms with Crippen molar-refractivity contribution in [3.05, 3.63) is 65.2 Å². The molecule has 0 saturated carbocycles. The highest BCUT2D eigenvalue weighted by Crippen LogP contribution is 2.22. The van der Waals surface area contributed by atoms with Crippen LogP contribution >= 0.6 is 0 Å². The first-order valence-electron chi connectivity index (χ1n) is 9.85. The molecule has 2 aromatic rings. The number of rotatable bonds is 6. The van der Waals surface area contributed by atoms with Crippen LogP contribution in [0.5, 0.6) is 5.75 Å². The van der Waals surface area contributed by atoms with Crippen molar-refractivity contribution in [3.63, 3.8) is 0 Å². The van der Waals surface area contributed by atoms with Crippen molar-refractivity contribution in [2.75, 3.05) is 13.2 Å². The Morgan fingerprint density at radius 1 is 1.07 bits per heavy atom. The van der Waals surface area contributed by atoms with Crippen molar-refractivity contribution in [2.45, 2.75) is 45.7 Å². The second kappa shape index (κ2) is 8.91. The molecular formula is C23H28N2O3. The van der Waals surface area contributed by atoms with E-state index in [1.165, 1.54) is 0 Å². The van der Waals surface area contributed by atoms with Gasteiger partial charge in [0.25, 0.3) is 11.8 Å². The number of nitrogens with one attached hydrogen (secondary N) is 1. The first-order chi connectivity index (χ1) is 13.4. The van der Waals surface area contributed by atoms with Crippen LogP contribution < -0.4 is 10.1 Å². The summed E-state index contributed by atoms with van der Waals surface area (Å²) < 4.78 is 5.92. The highest BCUT2D eigenvalue weighted by molar-refractivity contribution is 5.95. The van der Waals surface area contributed by atoms with Crippen LogP contribution in [0.1, 0.15) is 53.0 Å². The Morgan fingerprint density at radius 2 is 1.71 bits per heavy atom. The summed E-state index contributed by atoms with van der Waals surface area (Å²) in [4.78, 5) is 26.7. The highest BCUT2D eigenvalue weighted by Gasteiger charge is 2.29. The van der Waals surface area contributed by atoms with Crippen LogP contribution in [-0.2, 0) is 0 Å². The molecule has 5 nitrogen and oxygen atoms in total. The van der Waals surface area contributed by atoms with E-state index in [1.54, 1.807) is 24.3 Å². The van der Waals surface area contributed by atoms with E-state index < -0.39 is 0 Å². The number of likely N-dealkylation sites (tertiary alicyclic amines) is 1. The molecule has 0 radical (unpaired) electrons. The van der Waals surface area contributed by atoms with Gasteiger partial charge in [-0.1, -0.05) is 17.7 Å². The topological polar surface area (TPSA) is 58.6 Å². The van der Waals surface area contributed by atoms with E-state index in [0.717, 1.165) is 30.5 Å². The number of amides is 2. The van der Waals surface area contributed by atoms with Crippen molar-refractivity contribution in [2.24, 2.45) is 0 Å². The lowest BCUT2D eigenvalue weighted by Crippen LogP contribution is -2.39. The molecule has 2 amide bonds. The summed E-state index contributed by atoms with van der Waals surface area (Å²) in [5.41, 5.74) is 2.47. The summed E-state index contributed by atoms with van der Waals surface area (Å²) in [6.45, 7) is 7.09. The summed E-state index contributed by atoms with van der Waals surface area (Å²) in [6, 6.07) is 15.0. The number of aryl methyl sites for hydroxylation is 1. The highest BCUT2D eigenvalue weighted by atomic mass is 16.5. The number of carbonyl (C=O) groups is 2. The van der Waals surface area contributed by atoms with Gasteiger partial charge in [0.15, 0.2) is 0 Å². The summed E-state index contributed by atoms with van der Waals surface area (Å²) >= 11 is 0. The smallest absolute Gasteiger partial charge is 0.254 e. The summed E-state index contributed by atoms with van der Waals surface area (Å²) in [7, 11) is 0. The molecule has 148 valence electrons. The van der Waals surface area contributed by atoms with Crippen molar-refractivity contribution < 1.29 is 14.3 Å². The third kappa shape index (κ3) is 4.91. The minimum Gasteiger partial charge on any atom is -0.491 e. The molecule has 28 heavy (non-hydrogen) atoms. The van der Waals surface area contributed by atoms with Gasteiger partial charge in [-0.15, -0.1) is 0 Å². The maximum absolute atomic E-state index is 12.8. The summed E-state index contributed by atoms with van der Waals surface area (Å²) in [5.74, 6) is 0.676. The van der Waals surface area contributed by atoms with E-state index in [1.807, 2.05) is 49.9 Å². The number of hydrogen-bond donors (Lipinski definition) is 1. The van der Waals surface area contributed by atoms with Crippen molar-refractivity contribution in [1.29, 1.82) is 0 Å². The Balaban J connectivity index is 1.58. The van der Waals surface area contributed by atoms with E-state index in [4.69, 9.17) is 4.74 Å². The van der Waals surface area contributed by atoms with Crippen LogP contribution in [0.4, 0.5) is 0 Å². The quantitative estimate of drug-likeness (QED) is 0.829. The number of carbonyl (C=O) groups excluding carboxylic acids is 2. The van der Waals surface area contributed by atoms with Gasteiger partial charge in [0, 0.05) is 23.7 Å². The molecule has 1 saturated heterocycles. The van der Waals surface area contributed by atoms with Crippen LogP contribution in [-0.4, -0.2) is 41.9 Å². The molecular weight excluding hydrogens is 352 g/mol. The first kappa shape index (κ1) is 19.9. The number of ether oxygens (including phenoxy) is 1. The van der Waals surface area contributed by atoms with E-state index in [-0.39, 0.29) is 23.9 Å². The predicted octanol–water partition coefficient (Wildman–Crippen LogP) is 3.82. The second-order valence-electron chi connectivity index (χ2n) is 7.62. The molecule has 0 aromatic heterocycles. The van der Waals surface area contributed by atoms with Crippen molar-refractivity contribution >= 4 is 11.8 Å². The van der Waals surface area contributed by atoms with Crippen molar-refractivity contribution in [1.82, 2.24) is 10.2 Å². The van der Waals surface area contributed by atoms with E-state index >= 15 is 0 Å². The molecule has 0 spiro atoms. The minimum absolute atomic E-state index is 0.0619. The maximum atomic E-state index is 12.8. The maximum Gasteiger partial charge on any atom is 0.254 e. The van der Waals surface area contributed by atoms with Crippen LogP contribution in [0.3, 0.4) is 0 Å². The molecule has 1 heterocycles. The van der Waals surface area contributed by atoms with Crippen LogP contribution in [0.2, 0.25) is 0 Å². The fraction of sp³-hybridized carbons (Fsp3) is 0.391. The van der Waals surface area contributed by atoms with E-state index in [0.29, 0.717) is 17.9 Å². The third-order valence-electron chi connectivity index (χ3n) is 4.92. The lowest BCUT2D eigenvalue weighted by atomic mass is 10.1. The van der Waals surface area contributed by atoms with Gasteiger partial charge >= 0.3 is 0 Å². The average molecular weight is 380 g/mol. The lowest BCUT2D eigenvalue weighted by Gasteiger charge is -2.25. The van der Waals surface area contributed by atoms with E-state index in [2.05, 4.69) is 5.32 Å². The summed E-state index contributed by atoms with van der Waals surface area (Å²) in [6.07, 6.45) is 1.92. The predicted molar refractivity (Wildman–Crippen MR) is 110 cm³/mol. The molecule has 1 aliphatic heterocycles. The van der Waals surface area contributed by atoms with Gasteiger partial charge in [0.05, 0.1) is 6.04 Å². The number of hydrogen-bond acceptors (Lipinski definition) is 3. The zero-order valence-corrected chi connectivity index (χ0v) is 16.8. The van der Waals surface area contributed by atoms with Crippen LogP contribution in [0.15, 0.2) is 48.5 Å². The molecule has 5 heteroatoms. The second-order valence-corrected chi connectivity index (χ2v) is 7.62. The fourth-order valence-electron chi connectivity index (χ4n) is 3.38. The molecule has 1 aliphatic rings. The molecule has 1 atom stereocenters. The molecule has 1 fully saturated rings. The zero-order valence-electron chi connectivity index (χ0n) is 16.8. The molecule has 0 bridgehead atoms. The van der Waals surface area contributed by atoms with Gasteiger partial charge in [-0.2, -0.15) is 0 Å². The average Bonchev–Trinajstić information content (AvgIpc) is 3.15. The third-order valence-corrected chi connectivity index (χ3v) is 4.92. The molecule has 3 rings (SSSR count). The van der Waals surface area contributed by atoms with Gasteiger partial charge in [0.1, 0.15) is 12.4 Å². The Kier molecular flexibility index (Phi) is 6.34. The van der Waals surface area contributed by atoms with Gasteiger partial charge in [-0.3, -0.25) is 9.59 Å². The fourth-order valence-corrected chi connectivity index (χ4v) is 3.38. The molecule has 0 aliphatic carbocycles. The van der Waals surface area contributed by atoms with E-state index in [9.17, 15) is 9.59 Å².